The molecule has 1 aliphatic carbocycles. The summed E-state index contributed by atoms with van der Waals surface area (Å²) in [6.45, 7) is 0. The van der Waals surface area contributed by atoms with E-state index in [-0.39, 0.29) is 11.8 Å². The van der Waals surface area contributed by atoms with Crippen LogP contribution >= 0.6 is 0 Å². The topological polar surface area (TPSA) is 112 Å². The number of carbonyl (C=O) groups excluding carboxylic acids is 1. The molecule has 1 fully saturated rings. The second kappa shape index (κ2) is 8.20. The standard InChI is InChI=1S/C28H22N6O2/c35-28(16-2-1-3-16)31-20-10-19(13-29-14-20)17-4-5-24-21(11-17)27(34-33-24)25-12-22-23(32-25)6-8-30-26(22)18-7-9-36-15-18/h4-16,32H,1-3H2,(H,31,35)(H,33,34). The summed E-state index contributed by atoms with van der Waals surface area (Å²) >= 11 is 0. The number of H-pyrrole nitrogens is 2. The van der Waals surface area contributed by atoms with Gasteiger partial charge in [-0.05, 0) is 54.8 Å². The summed E-state index contributed by atoms with van der Waals surface area (Å²) in [7, 11) is 0. The van der Waals surface area contributed by atoms with Crippen LogP contribution in [-0.2, 0) is 4.79 Å². The molecule has 3 N–H and O–H groups in total. The Hall–Kier alpha value is -4.72. The van der Waals surface area contributed by atoms with Crippen LogP contribution in [0.3, 0.4) is 0 Å². The van der Waals surface area contributed by atoms with E-state index in [4.69, 9.17) is 4.42 Å². The molecule has 0 saturated heterocycles. The highest BCUT2D eigenvalue weighted by Gasteiger charge is 2.25. The number of hydrogen-bond acceptors (Lipinski definition) is 5. The smallest absolute Gasteiger partial charge is 0.227 e. The van der Waals surface area contributed by atoms with Crippen LogP contribution in [0.5, 0.6) is 0 Å². The molecule has 0 radical (unpaired) electrons. The summed E-state index contributed by atoms with van der Waals surface area (Å²) in [6.07, 6.45) is 11.7. The lowest BCUT2D eigenvalue weighted by Gasteiger charge is -2.24. The largest absolute Gasteiger partial charge is 0.472 e. The summed E-state index contributed by atoms with van der Waals surface area (Å²) in [4.78, 5) is 24.8. The number of carbonyl (C=O) groups is 1. The van der Waals surface area contributed by atoms with Gasteiger partial charge in [-0.2, -0.15) is 5.10 Å². The van der Waals surface area contributed by atoms with Gasteiger partial charge in [0.15, 0.2) is 0 Å². The number of furan rings is 1. The lowest BCUT2D eigenvalue weighted by atomic mass is 9.85. The van der Waals surface area contributed by atoms with Crippen LogP contribution in [-0.4, -0.2) is 31.1 Å². The predicted octanol–water partition coefficient (Wildman–Crippen LogP) is 6.17. The van der Waals surface area contributed by atoms with Crippen LogP contribution in [0, 0.1) is 5.92 Å². The number of rotatable bonds is 5. The maximum absolute atomic E-state index is 12.4. The van der Waals surface area contributed by atoms with Crippen LogP contribution in [0.4, 0.5) is 5.69 Å². The fraction of sp³-hybridized carbons (Fsp3) is 0.143. The fourth-order valence-corrected chi connectivity index (χ4v) is 4.79. The molecule has 6 aromatic rings. The molecule has 0 spiro atoms. The summed E-state index contributed by atoms with van der Waals surface area (Å²) in [5.74, 6) is 0.204. The summed E-state index contributed by atoms with van der Waals surface area (Å²) in [5.41, 5.74) is 8.05. The van der Waals surface area contributed by atoms with E-state index < -0.39 is 0 Å². The van der Waals surface area contributed by atoms with Crippen molar-refractivity contribution in [3.05, 3.63) is 73.6 Å². The number of nitrogens with one attached hydrogen (secondary N) is 3. The van der Waals surface area contributed by atoms with Gasteiger partial charge < -0.3 is 14.7 Å². The van der Waals surface area contributed by atoms with Gasteiger partial charge in [-0.25, -0.2) is 0 Å². The molecule has 36 heavy (non-hydrogen) atoms. The Labute approximate surface area is 205 Å². The second-order valence-corrected chi connectivity index (χ2v) is 9.23. The first-order chi connectivity index (χ1) is 17.7. The lowest BCUT2D eigenvalue weighted by molar-refractivity contribution is -0.122. The predicted molar refractivity (Wildman–Crippen MR) is 138 cm³/mol. The number of amides is 1. The van der Waals surface area contributed by atoms with Gasteiger partial charge in [0.2, 0.25) is 5.91 Å². The van der Waals surface area contributed by atoms with E-state index in [1.54, 1.807) is 24.9 Å². The minimum absolute atomic E-state index is 0.0795. The van der Waals surface area contributed by atoms with Crippen LogP contribution in [0.15, 0.2) is 78.0 Å². The highest BCUT2D eigenvalue weighted by atomic mass is 16.3. The van der Waals surface area contributed by atoms with Crippen molar-refractivity contribution < 1.29 is 9.21 Å². The number of nitrogens with zero attached hydrogens (tertiary/aromatic N) is 3. The van der Waals surface area contributed by atoms with Crippen molar-refractivity contribution in [2.75, 3.05) is 5.32 Å². The van der Waals surface area contributed by atoms with Gasteiger partial charge in [-0.15, -0.1) is 0 Å². The first kappa shape index (κ1) is 20.6. The van der Waals surface area contributed by atoms with Crippen LogP contribution in [0.2, 0.25) is 0 Å². The SMILES string of the molecule is O=C(Nc1cncc(-c2ccc3[nH]nc(-c4cc5c(-c6ccoc6)nccc5[nH]4)c3c2)c1)C1CCC1. The minimum Gasteiger partial charge on any atom is -0.472 e. The Bertz CT molecular complexity index is 1730. The molecule has 8 heteroatoms. The Morgan fingerprint density at radius 1 is 0.944 bits per heavy atom. The molecule has 5 aromatic heterocycles. The van der Waals surface area contributed by atoms with E-state index in [0.717, 1.165) is 74.8 Å². The van der Waals surface area contributed by atoms with Crippen molar-refractivity contribution in [2.45, 2.75) is 19.3 Å². The van der Waals surface area contributed by atoms with Gasteiger partial charge >= 0.3 is 0 Å². The lowest BCUT2D eigenvalue weighted by Crippen LogP contribution is -2.28. The van der Waals surface area contributed by atoms with Gasteiger partial charge in [-0.1, -0.05) is 12.5 Å². The third-order valence-electron chi connectivity index (χ3n) is 6.98. The summed E-state index contributed by atoms with van der Waals surface area (Å²) < 4.78 is 5.26. The van der Waals surface area contributed by atoms with Crippen molar-refractivity contribution in [3.8, 4) is 33.8 Å². The Kier molecular flexibility index (Phi) is 4.70. The molecule has 0 atom stereocenters. The molecule has 1 aromatic carbocycles. The molecule has 1 amide bonds. The average Bonchev–Trinajstić information content (AvgIpc) is 3.61. The molecular weight excluding hydrogens is 452 g/mol. The van der Waals surface area contributed by atoms with Crippen molar-refractivity contribution in [3.63, 3.8) is 0 Å². The highest BCUT2D eigenvalue weighted by molar-refractivity contribution is 6.01. The highest BCUT2D eigenvalue weighted by Crippen LogP contribution is 2.35. The molecule has 1 saturated carbocycles. The van der Waals surface area contributed by atoms with Gasteiger partial charge in [-0.3, -0.25) is 19.9 Å². The molecular formula is C28H22N6O2. The molecule has 7 rings (SSSR count). The number of pyridine rings is 2. The monoisotopic (exact) mass is 474 g/mol. The number of aromatic amines is 2. The number of fused-ring (bicyclic) bond motifs is 2. The molecule has 176 valence electrons. The first-order valence-corrected chi connectivity index (χ1v) is 12.0. The van der Waals surface area contributed by atoms with E-state index in [1.807, 2.05) is 36.5 Å². The number of hydrogen-bond donors (Lipinski definition) is 3. The van der Waals surface area contributed by atoms with Crippen LogP contribution < -0.4 is 5.32 Å². The Morgan fingerprint density at radius 2 is 1.86 bits per heavy atom. The third-order valence-corrected chi connectivity index (χ3v) is 6.98. The van der Waals surface area contributed by atoms with E-state index in [0.29, 0.717) is 5.69 Å². The number of benzene rings is 1. The summed E-state index contributed by atoms with van der Waals surface area (Å²) in [5, 5.41) is 12.8. The molecule has 0 aliphatic heterocycles. The quantitative estimate of drug-likeness (QED) is 0.277. The van der Waals surface area contributed by atoms with E-state index >= 15 is 0 Å². The average molecular weight is 475 g/mol. The zero-order valence-corrected chi connectivity index (χ0v) is 19.3. The zero-order valence-electron chi connectivity index (χ0n) is 19.3. The van der Waals surface area contributed by atoms with E-state index in [2.05, 4.69) is 42.6 Å². The Morgan fingerprint density at radius 3 is 2.69 bits per heavy atom. The number of anilines is 1. The second-order valence-electron chi connectivity index (χ2n) is 9.23. The molecule has 0 bridgehead atoms. The van der Waals surface area contributed by atoms with Gasteiger partial charge in [0, 0.05) is 45.7 Å². The fourth-order valence-electron chi connectivity index (χ4n) is 4.79. The van der Waals surface area contributed by atoms with E-state index in [1.165, 1.54) is 0 Å². The van der Waals surface area contributed by atoms with E-state index in [9.17, 15) is 4.79 Å². The maximum Gasteiger partial charge on any atom is 0.227 e. The van der Waals surface area contributed by atoms with Crippen molar-refractivity contribution >= 4 is 33.4 Å². The van der Waals surface area contributed by atoms with Gasteiger partial charge in [0.25, 0.3) is 0 Å². The first-order valence-electron chi connectivity index (χ1n) is 12.0. The normalized spacial score (nSPS) is 13.8. The van der Waals surface area contributed by atoms with Crippen LogP contribution in [0.25, 0.3) is 55.6 Å². The van der Waals surface area contributed by atoms with Crippen molar-refractivity contribution in [1.29, 1.82) is 0 Å². The van der Waals surface area contributed by atoms with Crippen molar-refractivity contribution in [1.82, 2.24) is 25.1 Å². The van der Waals surface area contributed by atoms with Crippen molar-refractivity contribution in [2.24, 2.45) is 5.92 Å². The maximum atomic E-state index is 12.4. The zero-order chi connectivity index (χ0) is 24.1. The summed E-state index contributed by atoms with van der Waals surface area (Å²) in [6, 6.07) is 14.1. The van der Waals surface area contributed by atoms with Crippen LogP contribution in [0.1, 0.15) is 19.3 Å². The Balaban J connectivity index is 1.26. The third kappa shape index (κ3) is 3.46. The molecule has 5 heterocycles. The molecule has 0 unspecified atom stereocenters. The van der Waals surface area contributed by atoms with Gasteiger partial charge in [0.1, 0.15) is 5.69 Å². The minimum atomic E-state index is 0.0795. The van der Waals surface area contributed by atoms with Gasteiger partial charge in [0.05, 0.1) is 41.3 Å². The molecule has 1 aliphatic rings. The number of aromatic nitrogens is 5. The molecule has 8 nitrogen and oxygen atoms in total.